The summed E-state index contributed by atoms with van der Waals surface area (Å²) in [6, 6.07) is 2.85. The lowest BCUT2D eigenvalue weighted by Crippen LogP contribution is -2.45. The average molecular weight is 249 g/mol. The number of hydrogen-bond acceptors (Lipinski definition) is 3. The van der Waals surface area contributed by atoms with Gasteiger partial charge in [0.05, 0.1) is 12.5 Å². The van der Waals surface area contributed by atoms with Gasteiger partial charge in [0.2, 0.25) is 0 Å². The van der Waals surface area contributed by atoms with Crippen LogP contribution in [0.15, 0.2) is 23.0 Å². The van der Waals surface area contributed by atoms with Gasteiger partial charge in [-0.2, -0.15) is 0 Å². The Balaban J connectivity index is 1.65. The molecule has 2 fully saturated rings. The van der Waals surface area contributed by atoms with Crippen LogP contribution in [-0.2, 0) is 11.3 Å². The minimum atomic E-state index is 0.762. The van der Waals surface area contributed by atoms with E-state index in [-0.39, 0.29) is 0 Å². The predicted octanol–water partition coefficient (Wildman–Crippen LogP) is 3.06. The number of ether oxygens (including phenoxy) is 1. The van der Waals surface area contributed by atoms with Crippen LogP contribution in [0.4, 0.5) is 0 Å². The average Bonchev–Trinajstić information content (AvgIpc) is 2.93. The van der Waals surface area contributed by atoms with Crippen molar-refractivity contribution in [3.63, 3.8) is 0 Å². The van der Waals surface area contributed by atoms with Crippen LogP contribution in [0.2, 0.25) is 0 Å². The first-order valence-corrected chi connectivity index (χ1v) is 7.26. The molecular formula is C15H23NO2. The summed E-state index contributed by atoms with van der Waals surface area (Å²) in [7, 11) is 0. The van der Waals surface area contributed by atoms with E-state index < -0.39 is 0 Å². The number of furan rings is 1. The fourth-order valence-corrected chi connectivity index (χ4v) is 3.46. The van der Waals surface area contributed by atoms with Gasteiger partial charge in [0.15, 0.2) is 0 Å². The normalized spacial score (nSPS) is 27.4. The molecule has 0 spiro atoms. The van der Waals surface area contributed by atoms with Crippen molar-refractivity contribution in [2.75, 3.05) is 19.8 Å². The van der Waals surface area contributed by atoms with Gasteiger partial charge < -0.3 is 9.15 Å². The molecule has 2 aliphatic rings. The van der Waals surface area contributed by atoms with Crippen LogP contribution in [0.1, 0.15) is 37.7 Å². The molecule has 2 aliphatic heterocycles. The molecule has 3 nitrogen and oxygen atoms in total. The molecule has 2 saturated heterocycles. The molecule has 0 radical (unpaired) electrons. The maximum absolute atomic E-state index is 5.50. The number of hydrogen-bond donors (Lipinski definition) is 0. The van der Waals surface area contributed by atoms with E-state index in [1.165, 1.54) is 44.2 Å². The van der Waals surface area contributed by atoms with Crippen LogP contribution in [-0.4, -0.2) is 30.7 Å². The topological polar surface area (TPSA) is 25.6 Å². The first-order chi connectivity index (χ1) is 8.93. The van der Waals surface area contributed by atoms with Crippen molar-refractivity contribution in [3.8, 4) is 0 Å². The Kier molecular flexibility index (Phi) is 4.01. The molecule has 3 heteroatoms. The van der Waals surface area contributed by atoms with Gasteiger partial charge in [-0.3, -0.25) is 4.90 Å². The molecular weight excluding hydrogens is 226 g/mol. The van der Waals surface area contributed by atoms with Gasteiger partial charge in [0.1, 0.15) is 0 Å². The third-order valence-corrected chi connectivity index (χ3v) is 4.44. The van der Waals surface area contributed by atoms with E-state index >= 15 is 0 Å². The minimum absolute atomic E-state index is 0.762. The second kappa shape index (κ2) is 5.89. The zero-order valence-corrected chi connectivity index (χ0v) is 11.0. The smallest absolute Gasteiger partial charge is 0.0947 e. The van der Waals surface area contributed by atoms with E-state index in [2.05, 4.69) is 11.0 Å². The predicted molar refractivity (Wildman–Crippen MR) is 70.3 cm³/mol. The lowest BCUT2D eigenvalue weighted by atomic mass is 9.85. The Labute approximate surface area is 109 Å². The van der Waals surface area contributed by atoms with Gasteiger partial charge in [-0.1, -0.05) is 6.42 Å². The Morgan fingerprint density at radius 3 is 2.83 bits per heavy atom. The number of piperidine rings is 1. The SMILES string of the molecule is c1cc(CN2CCCCC2C2CCOCC2)co1. The van der Waals surface area contributed by atoms with E-state index in [9.17, 15) is 0 Å². The Morgan fingerprint density at radius 1 is 1.17 bits per heavy atom. The van der Waals surface area contributed by atoms with E-state index in [0.717, 1.165) is 31.7 Å². The molecule has 0 aliphatic carbocycles. The van der Waals surface area contributed by atoms with Crippen molar-refractivity contribution in [1.82, 2.24) is 4.90 Å². The largest absolute Gasteiger partial charge is 0.472 e. The van der Waals surface area contributed by atoms with E-state index in [4.69, 9.17) is 9.15 Å². The summed E-state index contributed by atoms with van der Waals surface area (Å²) in [5.74, 6) is 0.839. The van der Waals surface area contributed by atoms with Crippen LogP contribution >= 0.6 is 0 Å². The number of rotatable bonds is 3. The van der Waals surface area contributed by atoms with Gasteiger partial charge in [-0.25, -0.2) is 0 Å². The lowest BCUT2D eigenvalue weighted by Gasteiger charge is -2.41. The van der Waals surface area contributed by atoms with Gasteiger partial charge in [-0.05, 0) is 44.2 Å². The fourth-order valence-electron chi connectivity index (χ4n) is 3.46. The van der Waals surface area contributed by atoms with Crippen LogP contribution in [0.3, 0.4) is 0 Å². The molecule has 0 saturated carbocycles. The van der Waals surface area contributed by atoms with Crippen molar-refractivity contribution < 1.29 is 9.15 Å². The first kappa shape index (κ1) is 12.2. The second-order valence-electron chi connectivity index (χ2n) is 5.62. The first-order valence-electron chi connectivity index (χ1n) is 7.26. The zero-order valence-electron chi connectivity index (χ0n) is 11.0. The van der Waals surface area contributed by atoms with E-state index in [0.29, 0.717) is 0 Å². The summed E-state index contributed by atoms with van der Waals surface area (Å²) < 4.78 is 10.7. The molecule has 1 aromatic heterocycles. The molecule has 1 unspecified atom stereocenters. The number of likely N-dealkylation sites (tertiary alicyclic amines) is 1. The highest BCUT2D eigenvalue weighted by Crippen LogP contribution is 2.30. The highest BCUT2D eigenvalue weighted by molar-refractivity contribution is 5.05. The van der Waals surface area contributed by atoms with Gasteiger partial charge >= 0.3 is 0 Å². The second-order valence-corrected chi connectivity index (χ2v) is 5.62. The molecule has 18 heavy (non-hydrogen) atoms. The Bertz CT molecular complexity index is 343. The summed E-state index contributed by atoms with van der Waals surface area (Å²) in [5.41, 5.74) is 1.31. The van der Waals surface area contributed by atoms with E-state index in [1.807, 2.05) is 6.26 Å². The molecule has 3 heterocycles. The summed E-state index contributed by atoms with van der Waals surface area (Å²) in [6.45, 7) is 4.22. The quantitative estimate of drug-likeness (QED) is 0.823. The van der Waals surface area contributed by atoms with Crippen molar-refractivity contribution in [3.05, 3.63) is 24.2 Å². The summed E-state index contributed by atoms with van der Waals surface area (Å²) in [4.78, 5) is 2.67. The molecule has 0 bridgehead atoms. The summed E-state index contributed by atoms with van der Waals surface area (Å²) in [6.07, 6.45) is 10.3. The highest BCUT2D eigenvalue weighted by Gasteiger charge is 2.30. The lowest BCUT2D eigenvalue weighted by molar-refractivity contribution is 0.00994. The molecule has 0 aromatic carbocycles. The van der Waals surface area contributed by atoms with Crippen molar-refractivity contribution in [2.24, 2.45) is 5.92 Å². The van der Waals surface area contributed by atoms with Gasteiger partial charge in [0, 0.05) is 31.4 Å². The zero-order chi connectivity index (χ0) is 12.2. The molecule has 1 aromatic rings. The molecule has 0 N–H and O–H groups in total. The third-order valence-electron chi connectivity index (χ3n) is 4.44. The summed E-state index contributed by atoms with van der Waals surface area (Å²) in [5, 5.41) is 0. The van der Waals surface area contributed by atoms with Crippen molar-refractivity contribution in [1.29, 1.82) is 0 Å². The maximum atomic E-state index is 5.50. The van der Waals surface area contributed by atoms with Crippen molar-refractivity contribution >= 4 is 0 Å². The summed E-state index contributed by atoms with van der Waals surface area (Å²) >= 11 is 0. The van der Waals surface area contributed by atoms with Crippen LogP contribution < -0.4 is 0 Å². The minimum Gasteiger partial charge on any atom is -0.472 e. The Morgan fingerprint density at radius 2 is 2.06 bits per heavy atom. The van der Waals surface area contributed by atoms with Crippen LogP contribution in [0.5, 0.6) is 0 Å². The van der Waals surface area contributed by atoms with Crippen LogP contribution in [0, 0.1) is 5.92 Å². The maximum Gasteiger partial charge on any atom is 0.0947 e. The van der Waals surface area contributed by atoms with Gasteiger partial charge in [0.25, 0.3) is 0 Å². The highest BCUT2D eigenvalue weighted by atomic mass is 16.5. The monoisotopic (exact) mass is 249 g/mol. The molecule has 100 valence electrons. The van der Waals surface area contributed by atoms with E-state index in [1.54, 1.807) is 6.26 Å². The van der Waals surface area contributed by atoms with Crippen molar-refractivity contribution in [2.45, 2.75) is 44.7 Å². The number of nitrogens with zero attached hydrogens (tertiary/aromatic N) is 1. The van der Waals surface area contributed by atoms with Crippen LogP contribution in [0.25, 0.3) is 0 Å². The molecule has 0 amide bonds. The Hall–Kier alpha value is -0.800. The standard InChI is InChI=1S/C15H23NO2/c1-2-7-16(11-13-4-8-18-12-13)15(3-1)14-5-9-17-10-6-14/h4,8,12,14-15H,1-3,5-7,9-11H2. The molecule has 3 rings (SSSR count). The fraction of sp³-hybridized carbons (Fsp3) is 0.733. The van der Waals surface area contributed by atoms with Gasteiger partial charge in [-0.15, -0.1) is 0 Å². The molecule has 1 atom stereocenters. The third kappa shape index (κ3) is 2.78.